The fourth-order valence-corrected chi connectivity index (χ4v) is 2.55. The van der Waals surface area contributed by atoms with Crippen LogP contribution in [0.5, 0.6) is 0 Å². The van der Waals surface area contributed by atoms with E-state index in [1.165, 1.54) is 0 Å². The SMILES string of the molecule is CN(CCC(=O)N1CCNCC1)CC(=O)Nc1ccc(Br)cn1.Cl.Cl. The smallest absolute Gasteiger partial charge is 0.239 e. The van der Waals surface area contributed by atoms with E-state index >= 15 is 0 Å². The highest BCUT2D eigenvalue weighted by atomic mass is 79.9. The first kappa shape index (κ1) is 24.1. The van der Waals surface area contributed by atoms with Crippen LogP contribution in [0.1, 0.15) is 6.42 Å². The molecule has 10 heteroatoms. The molecule has 0 spiro atoms. The van der Waals surface area contributed by atoms with Crippen LogP contribution < -0.4 is 10.6 Å². The summed E-state index contributed by atoms with van der Waals surface area (Å²) in [4.78, 5) is 31.8. The van der Waals surface area contributed by atoms with Crippen molar-refractivity contribution < 1.29 is 9.59 Å². The van der Waals surface area contributed by atoms with E-state index in [2.05, 4.69) is 31.5 Å². The van der Waals surface area contributed by atoms with E-state index in [9.17, 15) is 9.59 Å². The topological polar surface area (TPSA) is 77.6 Å². The van der Waals surface area contributed by atoms with Crippen LogP contribution in [0.4, 0.5) is 5.82 Å². The summed E-state index contributed by atoms with van der Waals surface area (Å²) in [5.74, 6) is 0.522. The van der Waals surface area contributed by atoms with Crippen molar-refractivity contribution in [1.82, 2.24) is 20.1 Å². The fourth-order valence-electron chi connectivity index (χ4n) is 2.32. The molecule has 1 saturated heterocycles. The van der Waals surface area contributed by atoms with Gasteiger partial charge in [0.2, 0.25) is 11.8 Å². The van der Waals surface area contributed by atoms with E-state index < -0.39 is 0 Å². The number of amides is 2. The zero-order chi connectivity index (χ0) is 16.7. The Morgan fingerprint density at radius 1 is 1.32 bits per heavy atom. The summed E-state index contributed by atoms with van der Waals surface area (Å²) in [6, 6.07) is 3.55. The Hall–Kier alpha value is -0.930. The number of halogens is 3. The maximum Gasteiger partial charge on any atom is 0.239 e. The molecule has 2 N–H and O–H groups in total. The first-order valence-electron chi connectivity index (χ1n) is 7.63. The first-order valence-corrected chi connectivity index (χ1v) is 8.42. The van der Waals surface area contributed by atoms with E-state index in [0.717, 1.165) is 30.7 Å². The molecule has 0 aliphatic carbocycles. The van der Waals surface area contributed by atoms with Gasteiger partial charge in [-0.15, -0.1) is 24.8 Å². The third-order valence-corrected chi connectivity index (χ3v) is 4.05. The molecule has 0 bridgehead atoms. The minimum Gasteiger partial charge on any atom is -0.340 e. The number of likely N-dealkylation sites (N-methyl/N-ethyl adjacent to an activating group) is 1. The summed E-state index contributed by atoms with van der Waals surface area (Å²) in [7, 11) is 1.83. The number of hydrogen-bond donors (Lipinski definition) is 2. The van der Waals surface area contributed by atoms with Gasteiger partial charge in [-0.2, -0.15) is 0 Å². The average molecular weight is 457 g/mol. The van der Waals surface area contributed by atoms with E-state index in [0.29, 0.717) is 18.8 Å². The van der Waals surface area contributed by atoms with Crippen LogP contribution in [0.3, 0.4) is 0 Å². The van der Waals surface area contributed by atoms with Gasteiger partial charge in [-0.3, -0.25) is 14.5 Å². The van der Waals surface area contributed by atoms with Crippen LogP contribution >= 0.6 is 40.7 Å². The Balaban J connectivity index is 0.00000288. The molecule has 142 valence electrons. The molecule has 2 heterocycles. The standard InChI is InChI=1S/C15H22BrN5O2.2ClH/c1-20(7-4-15(23)21-8-5-17-6-9-21)11-14(22)19-13-3-2-12(16)10-18-13;;/h2-3,10,17H,4-9,11H2,1H3,(H,18,19,22);2*1H. The Morgan fingerprint density at radius 3 is 2.60 bits per heavy atom. The van der Waals surface area contributed by atoms with Gasteiger partial charge in [0.05, 0.1) is 6.54 Å². The highest BCUT2D eigenvalue weighted by molar-refractivity contribution is 9.10. The lowest BCUT2D eigenvalue weighted by Gasteiger charge is -2.28. The molecule has 1 aromatic rings. The number of carbonyl (C=O) groups is 2. The van der Waals surface area contributed by atoms with Crippen molar-refractivity contribution in [2.75, 3.05) is 51.6 Å². The van der Waals surface area contributed by atoms with Crippen molar-refractivity contribution in [2.45, 2.75) is 6.42 Å². The normalized spacial score (nSPS) is 13.6. The third-order valence-electron chi connectivity index (χ3n) is 3.59. The Bertz CT molecular complexity index is 541. The number of pyridine rings is 1. The molecule has 1 fully saturated rings. The number of piperazine rings is 1. The van der Waals surface area contributed by atoms with E-state index in [1.807, 2.05) is 22.9 Å². The molecule has 1 aromatic heterocycles. The maximum absolute atomic E-state index is 12.1. The van der Waals surface area contributed by atoms with Crippen molar-refractivity contribution in [3.05, 3.63) is 22.8 Å². The largest absolute Gasteiger partial charge is 0.340 e. The lowest BCUT2D eigenvalue weighted by Crippen LogP contribution is -2.47. The quantitative estimate of drug-likeness (QED) is 0.676. The molecule has 25 heavy (non-hydrogen) atoms. The van der Waals surface area contributed by atoms with Crippen molar-refractivity contribution in [3.63, 3.8) is 0 Å². The van der Waals surface area contributed by atoms with Gasteiger partial charge in [-0.1, -0.05) is 0 Å². The Kier molecular flexibility index (Phi) is 12.0. The predicted molar refractivity (Wildman–Crippen MR) is 107 cm³/mol. The van der Waals surface area contributed by atoms with Gasteiger partial charge in [0.15, 0.2) is 0 Å². The van der Waals surface area contributed by atoms with Crippen LogP contribution in [0.15, 0.2) is 22.8 Å². The van der Waals surface area contributed by atoms with Gasteiger partial charge in [0, 0.05) is 49.8 Å². The molecule has 1 aliphatic rings. The lowest BCUT2D eigenvalue weighted by atomic mass is 10.3. The number of aromatic nitrogens is 1. The molecule has 2 rings (SSSR count). The van der Waals surface area contributed by atoms with Crippen molar-refractivity contribution >= 4 is 58.4 Å². The fraction of sp³-hybridized carbons (Fsp3) is 0.533. The van der Waals surface area contributed by atoms with Gasteiger partial charge in [-0.25, -0.2) is 4.98 Å². The molecule has 2 amide bonds. The second kappa shape index (κ2) is 12.4. The number of rotatable bonds is 6. The summed E-state index contributed by atoms with van der Waals surface area (Å²) in [6.45, 7) is 4.02. The van der Waals surface area contributed by atoms with E-state index in [1.54, 1.807) is 12.3 Å². The predicted octanol–water partition coefficient (Wildman–Crippen LogP) is 1.38. The molecular formula is C15H24BrCl2N5O2. The minimum atomic E-state index is -0.142. The van der Waals surface area contributed by atoms with Gasteiger partial charge in [-0.05, 0) is 35.1 Å². The zero-order valence-corrected chi connectivity index (χ0v) is 17.3. The van der Waals surface area contributed by atoms with Crippen LogP contribution in [0.25, 0.3) is 0 Å². The zero-order valence-electron chi connectivity index (χ0n) is 14.0. The second-order valence-electron chi connectivity index (χ2n) is 5.53. The molecule has 7 nitrogen and oxygen atoms in total. The summed E-state index contributed by atoms with van der Waals surface area (Å²) < 4.78 is 0.860. The summed E-state index contributed by atoms with van der Waals surface area (Å²) >= 11 is 3.30. The summed E-state index contributed by atoms with van der Waals surface area (Å²) in [5.41, 5.74) is 0. The number of hydrogen-bond acceptors (Lipinski definition) is 5. The third kappa shape index (κ3) is 8.82. The summed E-state index contributed by atoms with van der Waals surface area (Å²) in [6.07, 6.45) is 2.06. The number of nitrogens with zero attached hydrogens (tertiary/aromatic N) is 3. The molecular weight excluding hydrogens is 433 g/mol. The number of nitrogens with one attached hydrogen (secondary N) is 2. The van der Waals surface area contributed by atoms with Gasteiger partial charge >= 0.3 is 0 Å². The van der Waals surface area contributed by atoms with Crippen LogP contribution in [0.2, 0.25) is 0 Å². The Labute approximate surface area is 168 Å². The average Bonchev–Trinajstić information content (AvgIpc) is 2.55. The van der Waals surface area contributed by atoms with Gasteiger partial charge in [0.1, 0.15) is 5.82 Å². The molecule has 1 aliphatic heterocycles. The van der Waals surface area contributed by atoms with Crippen molar-refractivity contribution in [2.24, 2.45) is 0 Å². The van der Waals surface area contributed by atoms with Gasteiger partial charge < -0.3 is 15.5 Å². The second-order valence-corrected chi connectivity index (χ2v) is 6.44. The molecule has 0 atom stereocenters. The monoisotopic (exact) mass is 455 g/mol. The molecule has 0 aromatic carbocycles. The Morgan fingerprint density at radius 2 is 2.00 bits per heavy atom. The number of anilines is 1. The van der Waals surface area contributed by atoms with E-state index in [4.69, 9.17) is 0 Å². The van der Waals surface area contributed by atoms with Crippen molar-refractivity contribution in [3.8, 4) is 0 Å². The minimum absolute atomic E-state index is 0. The molecule has 0 radical (unpaired) electrons. The van der Waals surface area contributed by atoms with Crippen LogP contribution in [0, 0.1) is 0 Å². The van der Waals surface area contributed by atoms with Crippen molar-refractivity contribution in [1.29, 1.82) is 0 Å². The van der Waals surface area contributed by atoms with Crippen LogP contribution in [-0.4, -0.2) is 72.9 Å². The molecule has 0 unspecified atom stereocenters. The maximum atomic E-state index is 12.1. The summed E-state index contributed by atoms with van der Waals surface area (Å²) in [5, 5.41) is 5.96. The lowest BCUT2D eigenvalue weighted by molar-refractivity contribution is -0.132. The van der Waals surface area contributed by atoms with E-state index in [-0.39, 0.29) is 43.2 Å². The van der Waals surface area contributed by atoms with Gasteiger partial charge in [0.25, 0.3) is 0 Å². The highest BCUT2D eigenvalue weighted by Gasteiger charge is 2.17. The number of carbonyl (C=O) groups excluding carboxylic acids is 2. The first-order chi connectivity index (χ1) is 11.0. The highest BCUT2D eigenvalue weighted by Crippen LogP contribution is 2.10. The van der Waals surface area contributed by atoms with Crippen LogP contribution in [-0.2, 0) is 9.59 Å². The molecule has 0 saturated carbocycles.